The third-order valence-corrected chi connectivity index (χ3v) is 3.14. The number of rotatable bonds is 3. The first-order valence-corrected chi connectivity index (χ1v) is 6.38. The molecular formula is C13H16ClNO3. The van der Waals surface area contributed by atoms with Crippen LogP contribution in [0.2, 0.25) is 5.02 Å². The number of esters is 1. The number of anilines is 1. The van der Waals surface area contributed by atoms with E-state index in [2.05, 4.69) is 0 Å². The highest BCUT2D eigenvalue weighted by Crippen LogP contribution is 2.19. The summed E-state index contributed by atoms with van der Waals surface area (Å²) in [7, 11) is 0. The minimum Gasteiger partial charge on any atom is -0.459 e. The van der Waals surface area contributed by atoms with Crippen molar-refractivity contribution in [3.05, 3.63) is 28.8 Å². The lowest BCUT2D eigenvalue weighted by molar-refractivity contribution is -0.0300. The fourth-order valence-electron chi connectivity index (χ4n) is 1.90. The van der Waals surface area contributed by atoms with Gasteiger partial charge in [-0.05, 0) is 37.5 Å². The van der Waals surface area contributed by atoms with Gasteiger partial charge in [-0.25, -0.2) is 4.79 Å². The van der Waals surface area contributed by atoms with E-state index in [0.29, 0.717) is 16.3 Å². The van der Waals surface area contributed by atoms with E-state index >= 15 is 0 Å². The van der Waals surface area contributed by atoms with E-state index < -0.39 is 5.97 Å². The van der Waals surface area contributed by atoms with Gasteiger partial charge in [0.05, 0.1) is 11.7 Å². The van der Waals surface area contributed by atoms with Gasteiger partial charge in [-0.15, -0.1) is 0 Å². The largest absolute Gasteiger partial charge is 0.459 e. The van der Waals surface area contributed by atoms with E-state index in [1.54, 1.807) is 12.1 Å². The summed E-state index contributed by atoms with van der Waals surface area (Å²) in [6.07, 6.45) is 3.14. The molecule has 1 unspecified atom stereocenters. The lowest BCUT2D eigenvalue weighted by atomic mass is 10.1. The fraction of sp³-hybridized carbons (Fsp3) is 0.462. The van der Waals surface area contributed by atoms with E-state index in [1.807, 2.05) is 0 Å². The van der Waals surface area contributed by atoms with Gasteiger partial charge in [0.2, 0.25) is 0 Å². The van der Waals surface area contributed by atoms with Crippen LogP contribution in [-0.2, 0) is 9.47 Å². The predicted molar refractivity (Wildman–Crippen MR) is 69.7 cm³/mol. The van der Waals surface area contributed by atoms with Crippen LogP contribution in [0.4, 0.5) is 5.69 Å². The van der Waals surface area contributed by atoms with Crippen molar-refractivity contribution in [2.24, 2.45) is 0 Å². The zero-order valence-electron chi connectivity index (χ0n) is 10.0. The number of halogens is 1. The topological polar surface area (TPSA) is 61.6 Å². The van der Waals surface area contributed by atoms with E-state index in [9.17, 15) is 4.79 Å². The Balaban J connectivity index is 1.90. The fourth-order valence-corrected chi connectivity index (χ4v) is 2.09. The maximum Gasteiger partial charge on any atom is 0.340 e. The van der Waals surface area contributed by atoms with Gasteiger partial charge in [-0.3, -0.25) is 0 Å². The molecule has 4 nitrogen and oxygen atoms in total. The molecule has 0 amide bonds. The van der Waals surface area contributed by atoms with Crippen LogP contribution < -0.4 is 5.73 Å². The van der Waals surface area contributed by atoms with Crippen LogP contribution in [0.1, 0.15) is 29.6 Å². The third kappa shape index (κ3) is 3.37. The lowest BCUT2D eigenvalue weighted by Gasteiger charge is -2.22. The second kappa shape index (κ2) is 6.07. The van der Waals surface area contributed by atoms with Gasteiger partial charge in [0.15, 0.2) is 0 Å². The Bertz CT molecular complexity index is 430. The number of benzene rings is 1. The molecule has 0 aliphatic carbocycles. The molecule has 5 heteroatoms. The normalized spacial score (nSPS) is 19.5. The van der Waals surface area contributed by atoms with Crippen molar-refractivity contribution in [2.75, 3.05) is 18.9 Å². The molecule has 1 aromatic rings. The molecule has 1 aromatic carbocycles. The maximum atomic E-state index is 11.8. The summed E-state index contributed by atoms with van der Waals surface area (Å²) in [6, 6.07) is 4.72. The number of hydrogen-bond donors (Lipinski definition) is 1. The molecule has 1 saturated heterocycles. The van der Waals surface area contributed by atoms with Gasteiger partial charge in [-0.1, -0.05) is 11.6 Å². The first-order chi connectivity index (χ1) is 8.66. The molecule has 1 atom stereocenters. The molecule has 2 rings (SSSR count). The second-order valence-corrected chi connectivity index (χ2v) is 4.76. The van der Waals surface area contributed by atoms with Crippen molar-refractivity contribution in [3.8, 4) is 0 Å². The zero-order chi connectivity index (χ0) is 13.0. The Morgan fingerprint density at radius 2 is 2.33 bits per heavy atom. The summed E-state index contributed by atoms with van der Waals surface area (Å²) in [6.45, 7) is 1.02. The van der Waals surface area contributed by atoms with Gasteiger partial charge in [-0.2, -0.15) is 0 Å². The third-order valence-electron chi connectivity index (χ3n) is 2.91. The molecule has 0 aromatic heterocycles. The van der Waals surface area contributed by atoms with Crippen molar-refractivity contribution in [1.82, 2.24) is 0 Å². The van der Waals surface area contributed by atoms with Crippen LogP contribution in [-0.4, -0.2) is 25.3 Å². The van der Waals surface area contributed by atoms with Crippen LogP contribution in [0.5, 0.6) is 0 Å². The zero-order valence-corrected chi connectivity index (χ0v) is 10.8. The lowest BCUT2D eigenvalue weighted by Crippen LogP contribution is -2.26. The summed E-state index contributed by atoms with van der Waals surface area (Å²) < 4.78 is 10.7. The molecule has 18 heavy (non-hydrogen) atoms. The van der Waals surface area contributed by atoms with Crippen molar-refractivity contribution >= 4 is 23.3 Å². The van der Waals surface area contributed by atoms with Crippen molar-refractivity contribution in [3.63, 3.8) is 0 Å². The van der Waals surface area contributed by atoms with Crippen LogP contribution in [0.3, 0.4) is 0 Å². The molecule has 0 radical (unpaired) electrons. The van der Waals surface area contributed by atoms with Crippen LogP contribution in [0.15, 0.2) is 18.2 Å². The smallest absolute Gasteiger partial charge is 0.340 e. The number of nitrogen functional groups attached to an aromatic ring is 1. The van der Waals surface area contributed by atoms with E-state index in [4.69, 9.17) is 26.8 Å². The van der Waals surface area contributed by atoms with E-state index in [0.717, 1.165) is 25.9 Å². The average molecular weight is 270 g/mol. The summed E-state index contributed by atoms with van der Waals surface area (Å²) in [5, 5.41) is 0.500. The Hall–Kier alpha value is -1.26. The Morgan fingerprint density at radius 1 is 1.50 bits per heavy atom. The minimum absolute atomic E-state index is 0.0104. The first kappa shape index (κ1) is 13.2. The molecule has 0 spiro atoms. The van der Waals surface area contributed by atoms with Crippen molar-refractivity contribution < 1.29 is 14.3 Å². The summed E-state index contributed by atoms with van der Waals surface area (Å²) in [4.78, 5) is 11.8. The summed E-state index contributed by atoms with van der Waals surface area (Å²) >= 11 is 5.77. The monoisotopic (exact) mass is 269 g/mol. The number of hydrogen-bond acceptors (Lipinski definition) is 4. The molecule has 0 bridgehead atoms. The molecule has 0 saturated carbocycles. The highest BCUT2D eigenvalue weighted by atomic mass is 35.5. The van der Waals surface area contributed by atoms with Gasteiger partial charge >= 0.3 is 5.97 Å². The minimum atomic E-state index is -0.432. The number of carbonyl (C=O) groups is 1. The average Bonchev–Trinajstić information content (AvgIpc) is 2.37. The van der Waals surface area contributed by atoms with Crippen LogP contribution >= 0.6 is 11.6 Å². The molecule has 1 fully saturated rings. The Morgan fingerprint density at radius 3 is 3.00 bits per heavy atom. The molecule has 1 aliphatic heterocycles. The number of nitrogens with two attached hydrogens (primary N) is 1. The first-order valence-electron chi connectivity index (χ1n) is 6.00. The van der Waals surface area contributed by atoms with Gasteiger partial charge in [0.25, 0.3) is 0 Å². The molecule has 98 valence electrons. The standard InChI is InChI=1S/C13H16ClNO3/c14-9-4-5-11(12(15)7-9)13(16)18-8-10-3-1-2-6-17-10/h4-5,7,10H,1-3,6,8,15H2. The Labute approximate surface area is 111 Å². The van der Waals surface area contributed by atoms with Gasteiger partial charge in [0, 0.05) is 17.3 Å². The highest BCUT2D eigenvalue weighted by molar-refractivity contribution is 6.31. The summed E-state index contributed by atoms with van der Waals surface area (Å²) in [5.41, 5.74) is 6.39. The molecule has 1 heterocycles. The molecule has 2 N–H and O–H groups in total. The molecule has 1 aliphatic rings. The molecular weight excluding hydrogens is 254 g/mol. The Kier molecular flexibility index (Phi) is 4.44. The number of ether oxygens (including phenoxy) is 2. The van der Waals surface area contributed by atoms with Crippen molar-refractivity contribution in [1.29, 1.82) is 0 Å². The SMILES string of the molecule is Nc1cc(Cl)ccc1C(=O)OCC1CCCCO1. The second-order valence-electron chi connectivity index (χ2n) is 4.32. The van der Waals surface area contributed by atoms with E-state index in [-0.39, 0.29) is 12.7 Å². The van der Waals surface area contributed by atoms with Crippen LogP contribution in [0, 0.1) is 0 Å². The van der Waals surface area contributed by atoms with Crippen LogP contribution in [0.25, 0.3) is 0 Å². The predicted octanol–water partition coefficient (Wildman–Crippen LogP) is 2.65. The maximum absolute atomic E-state index is 11.8. The van der Waals surface area contributed by atoms with E-state index in [1.165, 1.54) is 6.07 Å². The summed E-state index contributed by atoms with van der Waals surface area (Å²) in [5.74, 6) is -0.432. The van der Waals surface area contributed by atoms with Gasteiger partial charge < -0.3 is 15.2 Å². The highest BCUT2D eigenvalue weighted by Gasteiger charge is 2.17. The number of carbonyl (C=O) groups excluding carboxylic acids is 1. The quantitative estimate of drug-likeness (QED) is 0.677. The van der Waals surface area contributed by atoms with Crippen molar-refractivity contribution in [2.45, 2.75) is 25.4 Å². The van der Waals surface area contributed by atoms with Gasteiger partial charge in [0.1, 0.15) is 6.61 Å².